The summed E-state index contributed by atoms with van der Waals surface area (Å²) >= 11 is 5.61. The van der Waals surface area contributed by atoms with Crippen molar-refractivity contribution in [1.29, 1.82) is 0 Å². The summed E-state index contributed by atoms with van der Waals surface area (Å²) in [6.45, 7) is 3.56. The lowest BCUT2D eigenvalue weighted by atomic mass is 10.1. The average Bonchev–Trinajstić information content (AvgIpc) is 2.02. The Balaban J connectivity index is 3.46. The molecule has 0 spiro atoms. The molecule has 0 bridgehead atoms. The number of ether oxygens (including phenoxy) is 1. The molecule has 1 unspecified atom stereocenters. The highest BCUT2D eigenvalue weighted by molar-refractivity contribution is 6.18. The lowest BCUT2D eigenvalue weighted by Crippen LogP contribution is -2.17. The molecule has 0 aliphatic carbocycles. The van der Waals surface area contributed by atoms with Gasteiger partial charge in [0.05, 0.1) is 5.88 Å². The summed E-state index contributed by atoms with van der Waals surface area (Å²) in [5.41, 5.74) is 0. The lowest BCUT2D eigenvalue weighted by Gasteiger charge is -2.13. The predicted octanol–water partition coefficient (Wildman–Crippen LogP) is 2.74. The van der Waals surface area contributed by atoms with E-state index in [0.717, 1.165) is 12.8 Å². The second kappa shape index (κ2) is 7.41. The fourth-order valence-corrected chi connectivity index (χ4v) is 1.24. The number of esters is 1. The monoisotopic (exact) mass is 192 g/mol. The van der Waals surface area contributed by atoms with E-state index in [0.29, 0.717) is 5.88 Å². The number of alkyl halides is 1. The van der Waals surface area contributed by atoms with Crippen LogP contribution in [-0.4, -0.2) is 18.0 Å². The third-order valence-corrected chi connectivity index (χ3v) is 1.98. The molecule has 3 heteroatoms. The number of carbonyl (C=O) groups excluding carboxylic acids is 1. The summed E-state index contributed by atoms with van der Waals surface area (Å²) in [5, 5.41) is 0. The highest BCUT2D eigenvalue weighted by Crippen LogP contribution is 2.08. The van der Waals surface area contributed by atoms with Crippen LogP contribution in [0.4, 0.5) is 0 Å². The van der Waals surface area contributed by atoms with Gasteiger partial charge in [-0.15, -0.1) is 11.6 Å². The Morgan fingerprint density at radius 3 is 2.58 bits per heavy atom. The van der Waals surface area contributed by atoms with Crippen molar-refractivity contribution in [2.24, 2.45) is 0 Å². The number of hydrogen-bond donors (Lipinski definition) is 0. The molecule has 0 aliphatic rings. The Bertz CT molecular complexity index is 126. The summed E-state index contributed by atoms with van der Waals surface area (Å²) in [5.74, 6) is 0.167. The molecule has 2 nitrogen and oxygen atoms in total. The molecule has 0 saturated heterocycles. The standard InChI is InChI=1S/C9H17ClO2/c1-3-4-5-6-9(7-10)12-8(2)11/h9H,3-7H2,1-2H3. The smallest absolute Gasteiger partial charge is 0.302 e. The Morgan fingerprint density at radius 2 is 2.17 bits per heavy atom. The van der Waals surface area contributed by atoms with E-state index in [1.165, 1.54) is 19.8 Å². The molecule has 0 aromatic rings. The topological polar surface area (TPSA) is 26.3 Å². The van der Waals surface area contributed by atoms with E-state index in [-0.39, 0.29) is 12.1 Å². The first-order valence-corrected chi connectivity index (χ1v) is 4.97. The normalized spacial score (nSPS) is 12.6. The van der Waals surface area contributed by atoms with E-state index in [4.69, 9.17) is 16.3 Å². The first-order valence-electron chi connectivity index (χ1n) is 4.43. The Hall–Kier alpha value is -0.240. The Morgan fingerprint density at radius 1 is 1.50 bits per heavy atom. The van der Waals surface area contributed by atoms with Crippen molar-refractivity contribution in [3.63, 3.8) is 0 Å². The summed E-state index contributed by atoms with van der Waals surface area (Å²) in [6.07, 6.45) is 4.23. The minimum Gasteiger partial charge on any atom is -0.461 e. The van der Waals surface area contributed by atoms with Gasteiger partial charge >= 0.3 is 5.97 Å². The van der Waals surface area contributed by atoms with Gasteiger partial charge in [0.2, 0.25) is 0 Å². The maximum Gasteiger partial charge on any atom is 0.302 e. The molecular formula is C9H17ClO2. The minimum absolute atomic E-state index is 0.0873. The molecule has 1 atom stereocenters. The highest BCUT2D eigenvalue weighted by atomic mass is 35.5. The molecule has 0 rings (SSSR count). The van der Waals surface area contributed by atoms with E-state index >= 15 is 0 Å². The fourth-order valence-electron chi connectivity index (χ4n) is 1.02. The fraction of sp³-hybridized carbons (Fsp3) is 0.889. The number of unbranched alkanes of at least 4 members (excludes halogenated alkanes) is 2. The average molecular weight is 193 g/mol. The van der Waals surface area contributed by atoms with Crippen LogP contribution in [0.15, 0.2) is 0 Å². The summed E-state index contributed by atoms with van der Waals surface area (Å²) in [6, 6.07) is 0. The van der Waals surface area contributed by atoms with Gasteiger partial charge in [0, 0.05) is 6.92 Å². The number of rotatable bonds is 6. The maximum atomic E-state index is 10.6. The van der Waals surface area contributed by atoms with Gasteiger partial charge in [0.25, 0.3) is 0 Å². The summed E-state index contributed by atoms with van der Waals surface area (Å²) in [7, 11) is 0. The molecule has 0 heterocycles. The van der Waals surface area contributed by atoms with Gasteiger partial charge in [0.15, 0.2) is 0 Å². The lowest BCUT2D eigenvalue weighted by molar-refractivity contribution is -0.145. The van der Waals surface area contributed by atoms with Gasteiger partial charge in [-0.05, 0) is 12.8 Å². The molecular weight excluding hydrogens is 176 g/mol. The SMILES string of the molecule is CCCCCC(CCl)OC(C)=O. The van der Waals surface area contributed by atoms with Gasteiger partial charge in [-0.1, -0.05) is 19.8 Å². The third kappa shape index (κ3) is 6.47. The second-order valence-electron chi connectivity index (χ2n) is 2.88. The first-order chi connectivity index (χ1) is 5.70. The molecule has 12 heavy (non-hydrogen) atoms. The van der Waals surface area contributed by atoms with E-state index in [1.807, 2.05) is 0 Å². The summed E-state index contributed by atoms with van der Waals surface area (Å²) in [4.78, 5) is 10.6. The zero-order valence-electron chi connectivity index (χ0n) is 7.81. The van der Waals surface area contributed by atoms with Crippen LogP contribution in [-0.2, 0) is 9.53 Å². The van der Waals surface area contributed by atoms with Crippen molar-refractivity contribution >= 4 is 17.6 Å². The molecule has 0 fully saturated rings. The van der Waals surface area contributed by atoms with Crippen molar-refractivity contribution in [3.05, 3.63) is 0 Å². The van der Waals surface area contributed by atoms with Gasteiger partial charge in [0.1, 0.15) is 6.10 Å². The van der Waals surface area contributed by atoms with Crippen molar-refractivity contribution < 1.29 is 9.53 Å². The zero-order valence-corrected chi connectivity index (χ0v) is 8.56. The molecule has 0 saturated carbocycles. The molecule has 0 radical (unpaired) electrons. The van der Waals surface area contributed by atoms with Crippen molar-refractivity contribution in [1.82, 2.24) is 0 Å². The first kappa shape index (κ1) is 11.8. The van der Waals surface area contributed by atoms with Crippen LogP contribution in [0.3, 0.4) is 0 Å². The van der Waals surface area contributed by atoms with Crippen molar-refractivity contribution in [3.8, 4) is 0 Å². The quantitative estimate of drug-likeness (QED) is 0.368. The van der Waals surface area contributed by atoms with E-state index in [2.05, 4.69) is 6.92 Å². The van der Waals surface area contributed by atoms with E-state index < -0.39 is 0 Å². The van der Waals surface area contributed by atoms with Crippen LogP contribution in [0.25, 0.3) is 0 Å². The Labute approximate surface area is 79.2 Å². The van der Waals surface area contributed by atoms with E-state index in [1.54, 1.807) is 0 Å². The third-order valence-electron chi connectivity index (χ3n) is 1.63. The van der Waals surface area contributed by atoms with Gasteiger partial charge in [-0.3, -0.25) is 4.79 Å². The van der Waals surface area contributed by atoms with Crippen LogP contribution < -0.4 is 0 Å². The largest absolute Gasteiger partial charge is 0.461 e. The minimum atomic E-state index is -0.239. The van der Waals surface area contributed by atoms with Crippen molar-refractivity contribution in [2.45, 2.75) is 45.6 Å². The Kier molecular flexibility index (Phi) is 7.26. The van der Waals surface area contributed by atoms with Gasteiger partial charge in [-0.25, -0.2) is 0 Å². The van der Waals surface area contributed by atoms with Crippen LogP contribution in [0.5, 0.6) is 0 Å². The molecule has 0 aromatic heterocycles. The molecule has 72 valence electrons. The summed E-state index contributed by atoms with van der Waals surface area (Å²) < 4.78 is 4.98. The second-order valence-corrected chi connectivity index (χ2v) is 3.19. The van der Waals surface area contributed by atoms with Gasteiger partial charge in [-0.2, -0.15) is 0 Å². The van der Waals surface area contributed by atoms with Crippen LogP contribution in [0.2, 0.25) is 0 Å². The molecule has 0 aliphatic heterocycles. The van der Waals surface area contributed by atoms with Crippen LogP contribution in [0, 0.1) is 0 Å². The number of halogens is 1. The number of hydrogen-bond acceptors (Lipinski definition) is 2. The maximum absolute atomic E-state index is 10.6. The predicted molar refractivity (Wildman–Crippen MR) is 50.4 cm³/mol. The molecule has 0 aromatic carbocycles. The van der Waals surface area contributed by atoms with Gasteiger partial charge < -0.3 is 4.74 Å². The zero-order chi connectivity index (χ0) is 9.40. The number of carbonyl (C=O) groups is 1. The van der Waals surface area contributed by atoms with Crippen LogP contribution >= 0.6 is 11.6 Å². The highest BCUT2D eigenvalue weighted by Gasteiger charge is 2.09. The van der Waals surface area contributed by atoms with Crippen molar-refractivity contribution in [2.75, 3.05) is 5.88 Å². The van der Waals surface area contributed by atoms with E-state index in [9.17, 15) is 4.79 Å². The molecule has 0 N–H and O–H groups in total. The van der Waals surface area contributed by atoms with Crippen LogP contribution in [0.1, 0.15) is 39.5 Å². The molecule has 0 amide bonds.